The van der Waals surface area contributed by atoms with E-state index in [1.54, 1.807) is 0 Å². The minimum atomic E-state index is -0.000870. The normalized spacial score (nSPS) is 20.2. The van der Waals surface area contributed by atoms with Crippen LogP contribution in [0.15, 0.2) is 11.3 Å². The topological polar surface area (TPSA) is 53.2 Å². The van der Waals surface area contributed by atoms with E-state index in [1.165, 1.54) is 0 Å². The van der Waals surface area contributed by atoms with Crippen molar-refractivity contribution in [2.45, 2.75) is 38.5 Å². The van der Waals surface area contributed by atoms with Crippen LogP contribution >= 0.6 is 11.6 Å². The molecule has 17 heavy (non-hydrogen) atoms. The van der Waals surface area contributed by atoms with Crippen molar-refractivity contribution in [3.63, 3.8) is 0 Å². The standard InChI is InChI=1S/C13H20ClNO2/c14-7-2-1-4-11-5-3-6-13(12(11)10-15)17-9-8-16/h11,16H,1-9H2. The molecule has 0 aliphatic heterocycles. The minimum absolute atomic E-state index is 0.000870. The van der Waals surface area contributed by atoms with Crippen molar-refractivity contribution < 1.29 is 9.84 Å². The predicted octanol–water partition coefficient (Wildman–Crippen LogP) is 2.98. The summed E-state index contributed by atoms with van der Waals surface area (Å²) in [5, 5.41) is 18.0. The van der Waals surface area contributed by atoms with E-state index in [0.717, 1.165) is 49.9 Å². The van der Waals surface area contributed by atoms with Crippen LogP contribution in [0.1, 0.15) is 38.5 Å². The van der Waals surface area contributed by atoms with Gasteiger partial charge in [-0.3, -0.25) is 0 Å². The van der Waals surface area contributed by atoms with E-state index in [-0.39, 0.29) is 13.2 Å². The number of hydrogen-bond donors (Lipinski definition) is 1. The summed E-state index contributed by atoms with van der Waals surface area (Å²) in [6.07, 6.45) is 6.04. The molecule has 0 saturated heterocycles. The molecule has 1 aliphatic carbocycles. The smallest absolute Gasteiger partial charge is 0.111 e. The molecule has 0 fully saturated rings. The summed E-state index contributed by atoms with van der Waals surface area (Å²) in [6, 6.07) is 2.28. The molecule has 1 atom stereocenters. The van der Waals surface area contributed by atoms with Crippen molar-refractivity contribution in [3.05, 3.63) is 11.3 Å². The monoisotopic (exact) mass is 257 g/mol. The number of halogens is 1. The molecule has 0 heterocycles. The van der Waals surface area contributed by atoms with E-state index >= 15 is 0 Å². The maximum atomic E-state index is 9.21. The van der Waals surface area contributed by atoms with Gasteiger partial charge in [0.1, 0.15) is 12.4 Å². The summed E-state index contributed by atoms with van der Waals surface area (Å²) in [6.45, 7) is 0.286. The second kappa shape index (κ2) is 8.38. The summed E-state index contributed by atoms with van der Waals surface area (Å²) in [4.78, 5) is 0. The molecule has 0 spiro atoms. The predicted molar refractivity (Wildman–Crippen MR) is 67.6 cm³/mol. The Morgan fingerprint density at radius 2 is 2.29 bits per heavy atom. The number of ether oxygens (including phenoxy) is 1. The van der Waals surface area contributed by atoms with Gasteiger partial charge >= 0.3 is 0 Å². The SMILES string of the molecule is N#CC1=C(OCCO)CCCC1CCCCCl. The van der Waals surface area contributed by atoms with Gasteiger partial charge in [-0.05, 0) is 31.6 Å². The van der Waals surface area contributed by atoms with Crippen molar-refractivity contribution in [1.29, 1.82) is 5.26 Å². The van der Waals surface area contributed by atoms with Gasteiger partial charge in [0.15, 0.2) is 0 Å². The number of unbranched alkanes of at least 4 members (excludes halogenated alkanes) is 1. The summed E-state index contributed by atoms with van der Waals surface area (Å²) < 4.78 is 5.45. The van der Waals surface area contributed by atoms with Crippen molar-refractivity contribution in [3.8, 4) is 6.07 Å². The molecule has 0 radical (unpaired) electrons. The lowest BCUT2D eigenvalue weighted by atomic mass is 9.84. The third-order valence-corrected chi connectivity index (χ3v) is 3.36. The molecule has 0 bridgehead atoms. The molecular formula is C13H20ClNO2. The second-order valence-corrected chi connectivity index (χ2v) is 4.67. The molecule has 0 aromatic heterocycles. The molecule has 1 N–H and O–H groups in total. The Kier molecular flexibility index (Phi) is 7.07. The number of rotatable bonds is 7. The first kappa shape index (κ1) is 14.3. The fraction of sp³-hybridized carbons (Fsp3) is 0.769. The zero-order valence-corrected chi connectivity index (χ0v) is 10.9. The van der Waals surface area contributed by atoms with E-state index in [2.05, 4.69) is 6.07 Å². The Morgan fingerprint density at radius 3 is 2.94 bits per heavy atom. The van der Waals surface area contributed by atoms with Crippen molar-refractivity contribution in [1.82, 2.24) is 0 Å². The average Bonchev–Trinajstić information content (AvgIpc) is 2.36. The van der Waals surface area contributed by atoms with Gasteiger partial charge in [-0.2, -0.15) is 5.26 Å². The molecule has 0 amide bonds. The van der Waals surface area contributed by atoms with Crippen LogP contribution < -0.4 is 0 Å². The average molecular weight is 258 g/mol. The summed E-state index contributed by atoms with van der Waals surface area (Å²) in [7, 11) is 0. The molecule has 4 heteroatoms. The highest BCUT2D eigenvalue weighted by atomic mass is 35.5. The third-order valence-electron chi connectivity index (χ3n) is 3.09. The summed E-state index contributed by atoms with van der Waals surface area (Å²) in [5.74, 6) is 1.81. The number of alkyl halides is 1. The molecule has 1 rings (SSSR count). The Bertz CT molecular complexity index is 296. The van der Waals surface area contributed by atoms with E-state index in [9.17, 15) is 5.26 Å². The van der Waals surface area contributed by atoms with E-state index in [1.807, 2.05) is 0 Å². The van der Waals surface area contributed by atoms with E-state index < -0.39 is 0 Å². The van der Waals surface area contributed by atoms with Crippen molar-refractivity contribution in [2.24, 2.45) is 5.92 Å². The summed E-state index contributed by atoms with van der Waals surface area (Å²) in [5.41, 5.74) is 0.791. The minimum Gasteiger partial charge on any atom is -0.494 e. The van der Waals surface area contributed by atoms with Crippen LogP contribution in [0.3, 0.4) is 0 Å². The van der Waals surface area contributed by atoms with Crippen LogP contribution in [-0.4, -0.2) is 24.2 Å². The molecule has 0 saturated carbocycles. The molecule has 96 valence electrons. The van der Waals surface area contributed by atoms with Crippen LogP contribution in [0.25, 0.3) is 0 Å². The van der Waals surface area contributed by atoms with Crippen molar-refractivity contribution in [2.75, 3.05) is 19.1 Å². The molecule has 1 aliphatic rings. The quantitative estimate of drug-likeness (QED) is 0.564. The van der Waals surface area contributed by atoms with Crippen molar-refractivity contribution >= 4 is 11.6 Å². The van der Waals surface area contributed by atoms with E-state index in [4.69, 9.17) is 21.4 Å². The lowest BCUT2D eigenvalue weighted by molar-refractivity contribution is 0.131. The lowest BCUT2D eigenvalue weighted by Gasteiger charge is -2.24. The highest BCUT2D eigenvalue weighted by Crippen LogP contribution is 2.33. The molecule has 0 aromatic carbocycles. The largest absolute Gasteiger partial charge is 0.494 e. The van der Waals surface area contributed by atoms with Crippen LogP contribution in [0, 0.1) is 17.2 Å². The molecule has 3 nitrogen and oxygen atoms in total. The zero-order valence-electron chi connectivity index (χ0n) is 10.1. The Morgan fingerprint density at radius 1 is 1.47 bits per heavy atom. The number of aliphatic hydroxyl groups is 1. The second-order valence-electron chi connectivity index (χ2n) is 4.29. The Balaban J connectivity index is 2.60. The van der Waals surface area contributed by atoms with Gasteiger partial charge in [0.05, 0.1) is 18.2 Å². The van der Waals surface area contributed by atoms with Crippen LogP contribution in [0.4, 0.5) is 0 Å². The van der Waals surface area contributed by atoms with Crippen LogP contribution in [0.5, 0.6) is 0 Å². The number of allylic oxidation sites excluding steroid dienone is 2. The summed E-state index contributed by atoms with van der Waals surface area (Å²) >= 11 is 5.66. The lowest BCUT2D eigenvalue weighted by Crippen LogP contribution is -2.14. The van der Waals surface area contributed by atoms with Gasteiger partial charge in [0.2, 0.25) is 0 Å². The zero-order chi connectivity index (χ0) is 12.5. The maximum Gasteiger partial charge on any atom is 0.111 e. The fourth-order valence-corrected chi connectivity index (χ4v) is 2.45. The van der Waals surface area contributed by atoms with Crippen LogP contribution in [0.2, 0.25) is 0 Å². The fourth-order valence-electron chi connectivity index (χ4n) is 2.26. The molecule has 1 unspecified atom stereocenters. The number of nitrogens with zero attached hydrogens (tertiary/aromatic N) is 1. The first-order chi connectivity index (χ1) is 8.33. The number of aliphatic hydroxyl groups excluding tert-OH is 1. The number of hydrogen-bond acceptors (Lipinski definition) is 3. The van der Waals surface area contributed by atoms with Gasteiger partial charge in [-0.15, -0.1) is 11.6 Å². The van der Waals surface area contributed by atoms with Gasteiger partial charge < -0.3 is 9.84 Å². The van der Waals surface area contributed by atoms with Gasteiger partial charge in [-0.1, -0.05) is 6.42 Å². The first-order valence-corrected chi connectivity index (χ1v) is 6.79. The highest BCUT2D eigenvalue weighted by Gasteiger charge is 2.23. The van der Waals surface area contributed by atoms with Crippen LogP contribution in [-0.2, 0) is 4.74 Å². The van der Waals surface area contributed by atoms with Gasteiger partial charge in [0.25, 0.3) is 0 Å². The first-order valence-electron chi connectivity index (χ1n) is 6.26. The number of nitriles is 1. The maximum absolute atomic E-state index is 9.21. The molecule has 0 aromatic rings. The Hall–Kier alpha value is -0.720. The Labute approximate surface area is 108 Å². The molecular weight excluding hydrogens is 238 g/mol. The highest BCUT2D eigenvalue weighted by molar-refractivity contribution is 6.17. The van der Waals surface area contributed by atoms with Gasteiger partial charge in [-0.25, -0.2) is 0 Å². The third kappa shape index (κ3) is 4.57. The van der Waals surface area contributed by atoms with Gasteiger partial charge in [0, 0.05) is 12.3 Å². The van der Waals surface area contributed by atoms with E-state index in [0.29, 0.717) is 11.8 Å².